The van der Waals surface area contributed by atoms with Crippen molar-refractivity contribution in [1.82, 2.24) is 10.6 Å². The van der Waals surface area contributed by atoms with Gasteiger partial charge < -0.3 is 20.5 Å². The highest BCUT2D eigenvalue weighted by atomic mass is 16.5. The third-order valence-electron chi connectivity index (χ3n) is 2.67. The van der Waals surface area contributed by atoms with E-state index in [2.05, 4.69) is 10.6 Å². The average molecular weight is 288 g/mol. The summed E-state index contributed by atoms with van der Waals surface area (Å²) in [5, 5.41) is 14.5. The molecule has 6 heteroatoms. The normalized spacial score (nSPS) is 14.4. The molecule has 0 aliphatic carbocycles. The number of carboxylic acid groups (broad SMARTS) is 1. The zero-order valence-corrected chi connectivity index (χ0v) is 13.2. The zero-order chi connectivity index (χ0) is 15.8. The lowest BCUT2D eigenvalue weighted by molar-refractivity contribution is -0.142. The van der Waals surface area contributed by atoms with Crippen LogP contribution in [0.5, 0.6) is 0 Å². The predicted octanol–water partition coefficient (Wildman–Crippen LogP) is 1.85. The summed E-state index contributed by atoms with van der Waals surface area (Å²) in [6.45, 7) is 10.8. The van der Waals surface area contributed by atoms with Gasteiger partial charge in [0.1, 0.15) is 0 Å². The number of aliphatic carboxylic acids is 1. The molecule has 0 aliphatic rings. The van der Waals surface area contributed by atoms with E-state index in [1.165, 1.54) is 0 Å². The highest BCUT2D eigenvalue weighted by Gasteiger charge is 2.25. The molecule has 0 rings (SSSR count). The van der Waals surface area contributed by atoms with Crippen molar-refractivity contribution in [2.75, 3.05) is 19.8 Å². The fourth-order valence-corrected chi connectivity index (χ4v) is 1.81. The third-order valence-corrected chi connectivity index (χ3v) is 2.67. The Morgan fingerprint density at radius 3 is 2.35 bits per heavy atom. The van der Waals surface area contributed by atoms with Crippen molar-refractivity contribution < 1.29 is 19.4 Å². The first-order valence-electron chi connectivity index (χ1n) is 7.00. The van der Waals surface area contributed by atoms with Gasteiger partial charge in [0, 0.05) is 13.2 Å². The van der Waals surface area contributed by atoms with E-state index in [-0.39, 0.29) is 24.0 Å². The maximum Gasteiger partial charge on any atom is 0.315 e. The van der Waals surface area contributed by atoms with Crippen molar-refractivity contribution in [3.05, 3.63) is 0 Å². The van der Waals surface area contributed by atoms with Crippen molar-refractivity contribution in [2.24, 2.45) is 11.3 Å². The lowest BCUT2D eigenvalue weighted by Crippen LogP contribution is -2.45. The molecule has 0 spiro atoms. The summed E-state index contributed by atoms with van der Waals surface area (Å²) in [4.78, 5) is 22.8. The SMILES string of the molecule is CCOCC(C)NC(=O)NCC(CC(C)(C)C)C(=O)O. The zero-order valence-electron chi connectivity index (χ0n) is 13.2. The van der Waals surface area contributed by atoms with Gasteiger partial charge in [-0.2, -0.15) is 0 Å². The fourth-order valence-electron chi connectivity index (χ4n) is 1.81. The number of carboxylic acids is 1. The van der Waals surface area contributed by atoms with Crippen molar-refractivity contribution in [2.45, 2.75) is 47.1 Å². The van der Waals surface area contributed by atoms with Gasteiger partial charge in [-0.15, -0.1) is 0 Å². The van der Waals surface area contributed by atoms with Crippen LogP contribution in [-0.2, 0) is 9.53 Å². The number of ether oxygens (including phenoxy) is 1. The molecule has 0 heterocycles. The van der Waals surface area contributed by atoms with Gasteiger partial charge in [0.2, 0.25) is 0 Å². The second kappa shape index (κ2) is 8.79. The van der Waals surface area contributed by atoms with Gasteiger partial charge >= 0.3 is 12.0 Å². The van der Waals surface area contributed by atoms with E-state index in [4.69, 9.17) is 9.84 Å². The van der Waals surface area contributed by atoms with Crippen LogP contribution >= 0.6 is 0 Å². The molecule has 0 radical (unpaired) electrons. The van der Waals surface area contributed by atoms with Crippen molar-refractivity contribution in [3.63, 3.8) is 0 Å². The molecule has 2 atom stereocenters. The Morgan fingerprint density at radius 2 is 1.90 bits per heavy atom. The first kappa shape index (κ1) is 18.7. The minimum atomic E-state index is -0.886. The Bertz CT molecular complexity index is 313. The molecule has 0 aliphatic heterocycles. The summed E-state index contributed by atoms with van der Waals surface area (Å²) in [5.74, 6) is -1.47. The number of hydrogen-bond acceptors (Lipinski definition) is 3. The Hall–Kier alpha value is -1.30. The van der Waals surface area contributed by atoms with Crippen LogP contribution in [-0.4, -0.2) is 42.9 Å². The van der Waals surface area contributed by atoms with Crippen LogP contribution in [0.25, 0.3) is 0 Å². The Balaban J connectivity index is 4.15. The number of nitrogens with one attached hydrogen (secondary N) is 2. The molecular weight excluding hydrogens is 260 g/mol. The molecule has 3 N–H and O–H groups in total. The Labute approximate surface area is 121 Å². The number of hydrogen-bond donors (Lipinski definition) is 3. The maximum atomic E-state index is 11.6. The minimum absolute atomic E-state index is 0.0938. The first-order chi connectivity index (χ1) is 9.15. The number of urea groups is 1. The summed E-state index contributed by atoms with van der Waals surface area (Å²) in [6, 6.07) is -0.474. The van der Waals surface area contributed by atoms with E-state index >= 15 is 0 Å². The van der Waals surface area contributed by atoms with Gasteiger partial charge in [-0.25, -0.2) is 4.79 Å². The number of carbonyl (C=O) groups excluding carboxylic acids is 1. The minimum Gasteiger partial charge on any atom is -0.481 e. The van der Waals surface area contributed by atoms with E-state index < -0.39 is 11.9 Å². The first-order valence-corrected chi connectivity index (χ1v) is 7.00. The molecule has 0 bridgehead atoms. The average Bonchev–Trinajstić information content (AvgIpc) is 2.30. The summed E-state index contributed by atoms with van der Waals surface area (Å²) >= 11 is 0. The molecule has 0 aromatic carbocycles. The Kier molecular flexibility index (Phi) is 8.22. The summed E-state index contributed by atoms with van der Waals surface area (Å²) in [5.41, 5.74) is -0.0938. The number of carbonyl (C=O) groups is 2. The molecule has 0 fully saturated rings. The van der Waals surface area contributed by atoms with Crippen molar-refractivity contribution >= 4 is 12.0 Å². The second-order valence-electron chi connectivity index (χ2n) is 6.21. The molecule has 0 aromatic heterocycles. The summed E-state index contributed by atoms with van der Waals surface area (Å²) in [7, 11) is 0. The van der Waals surface area contributed by atoms with Crippen LogP contribution in [0.1, 0.15) is 41.0 Å². The molecule has 20 heavy (non-hydrogen) atoms. The van der Waals surface area contributed by atoms with E-state index in [0.29, 0.717) is 19.6 Å². The lowest BCUT2D eigenvalue weighted by Gasteiger charge is -2.23. The highest BCUT2D eigenvalue weighted by molar-refractivity contribution is 5.76. The smallest absolute Gasteiger partial charge is 0.315 e. The van der Waals surface area contributed by atoms with E-state index in [1.807, 2.05) is 34.6 Å². The molecule has 2 unspecified atom stereocenters. The topological polar surface area (TPSA) is 87.7 Å². The molecule has 0 aromatic rings. The van der Waals surface area contributed by atoms with Gasteiger partial charge in [-0.3, -0.25) is 4.79 Å². The molecule has 0 saturated heterocycles. The van der Waals surface area contributed by atoms with Gasteiger partial charge in [0.05, 0.1) is 18.6 Å². The van der Waals surface area contributed by atoms with Crippen molar-refractivity contribution in [3.8, 4) is 0 Å². The highest BCUT2D eigenvalue weighted by Crippen LogP contribution is 2.24. The van der Waals surface area contributed by atoms with Gasteiger partial charge in [-0.05, 0) is 25.7 Å². The van der Waals surface area contributed by atoms with Gasteiger partial charge in [0.15, 0.2) is 0 Å². The van der Waals surface area contributed by atoms with Crippen LogP contribution in [0.15, 0.2) is 0 Å². The summed E-state index contributed by atoms with van der Waals surface area (Å²) < 4.78 is 5.19. The van der Waals surface area contributed by atoms with E-state index in [0.717, 1.165) is 0 Å². The molecule has 0 saturated carbocycles. The predicted molar refractivity (Wildman–Crippen MR) is 77.7 cm³/mol. The number of amides is 2. The Morgan fingerprint density at radius 1 is 1.30 bits per heavy atom. The van der Waals surface area contributed by atoms with E-state index in [9.17, 15) is 9.59 Å². The maximum absolute atomic E-state index is 11.6. The lowest BCUT2D eigenvalue weighted by atomic mass is 9.84. The molecule has 118 valence electrons. The quantitative estimate of drug-likeness (QED) is 0.636. The van der Waals surface area contributed by atoms with Crippen molar-refractivity contribution in [1.29, 1.82) is 0 Å². The van der Waals surface area contributed by atoms with Gasteiger partial charge in [-0.1, -0.05) is 20.8 Å². The van der Waals surface area contributed by atoms with Crippen LogP contribution in [0.2, 0.25) is 0 Å². The molecule has 6 nitrogen and oxygen atoms in total. The third kappa shape index (κ3) is 9.61. The monoisotopic (exact) mass is 288 g/mol. The van der Waals surface area contributed by atoms with Gasteiger partial charge in [0.25, 0.3) is 0 Å². The standard InChI is InChI=1S/C14H28N2O4/c1-6-20-9-10(2)16-13(19)15-8-11(12(17)18)7-14(3,4)5/h10-11H,6-9H2,1-5H3,(H,17,18)(H2,15,16,19). The second-order valence-corrected chi connectivity index (χ2v) is 6.21. The molecular formula is C14H28N2O4. The largest absolute Gasteiger partial charge is 0.481 e. The van der Waals surface area contributed by atoms with E-state index in [1.54, 1.807) is 0 Å². The number of rotatable bonds is 8. The fraction of sp³-hybridized carbons (Fsp3) is 0.857. The summed E-state index contributed by atoms with van der Waals surface area (Å²) in [6.07, 6.45) is 0.511. The van der Waals surface area contributed by atoms with Crippen LogP contribution in [0.3, 0.4) is 0 Å². The van der Waals surface area contributed by atoms with Crippen LogP contribution in [0, 0.1) is 11.3 Å². The van der Waals surface area contributed by atoms with Crippen LogP contribution < -0.4 is 10.6 Å². The molecule has 2 amide bonds. The van der Waals surface area contributed by atoms with Crippen LogP contribution in [0.4, 0.5) is 4.79 Å².